The fraction of sp³-hybridized carbons (Fsp3) is 0.471. The van der Waals surface area contributed by atoms with E-state index in [0.29, 0.717) is 36.6 Å². The standard InChI is InChI=1S/C17H23N5O2/c1-3-15(23)14-10-13-11-21(7-4-8-22(13)20-14)17(24)12-5-6-19-16(9-12)18-2/h5-6,9-10,15,23H,3-4,7-8,11H2,1-2H3,(H,18,19)/t15-/m0/s1. The van der Waals surface area contributed by atoms with Gasteiger partial charge in [0.1, 0.15) is 5.82 Å². The first-order chi connectivity index (χ1) is 11.6. The lowest BCUT2D eigenvalue weighted by Crippen LogP contribution is -2.30. The molecule has 3 rings (SSSR count). The highest BCUT2D eigenvalue weighted by molar-refractivity contribution is 5.94. The number of nitrogens with zero attached hydrogens (tertiary/aromatic N) is 4. The Balaban J connectivity index is 1.82. The highest BCUT2D eigenvalue weighted by Gasteiger charge is 2.23. The number of aromatic nitrogens is 3. The molecule has 0 aliphatic carbocycles. The Kier molecular flexibility index (Phi) is 4.80. The smallest absolute Gasteiger partial charge is 0.254 e. The van der Waals surface area contributed by atoms with Gasteiger partial charge in [0.15, 0.2) is 0 Å². The van der Waals surface area contributed by atoms with Gasteiger partial charge >= 0.3 is 0 Å². The molecule has 2 N–H and O–H groups in total. The van der Waals surface area contributed by atoms with Crippen LogP contribution < -0.4 is 5.32 Å². The highest BCUT2D eigenvalue weighted by Crippen LogP contribution is 2.21. The summed E-state index contributed by atoms with van der Waals surface area (Å²) in [6, 6.07) is 5.40. The molecule has 0 unspecified atom stereocenters. The number of carbonyl (C=O) groups is 1. The molecule has 1 aliphatic heterocycles. The number of hydrogen-bond acceptors (Lipinski definition) is 5. The topological polar surface area (TPSA) is 83.3 Å². The molecular formula is C17H23N5O2. The van der Waals surface area contributed by atoms with Crippen LogP contribution in [0, 0.1) is 0 Å². The zero-order chi connectivity index (χ0) is 17.1. The van der Waals surface area contributed by atoms with Gasteiger partial charge in [-0.05, 0) is 31.0 Å². The van der Waals surface area contributed by atoms with Gasteiger partial charge in [-0.2, -0.15) is 5.10 Å². The second-order valence-electron chi connectivity index (χ2n) is 5.97. The van der Waals surface area contributed by atoms with Crippen LogP contribution in [0.5, 0.6) is 0 Å². The first kappa shape index (κ1) is 16.4. The van der Waals surface area contributed by atoms with Crippen molar-refractivity contribution in [2.75, 3.05) is 18.9 Å². The minimum absolute atomic E-state index is 0.0128. The van der Waals surface area contributed by atoms with Crippen molar-refractivity contribution >= 4 is 11.7 Å². The first-order valence-electron chi connectivity index (χ1n) is 8.30. The van der Waals surface area contributed by atoms with E-state index in [1.807, 2.05) is 22.6 Å². The summed E-state index contributed by atoms with van der Waals surface area (Å²) in [7, 11) is 1.78. The van der Waals surface area contributed by atoms with Gasteiger partial charge in [0.2, 0.25) is 0 Å². The summed E-state index contributed by atoms with van der Waals surface area (Å²) >= 11 is 0. The fourth-order valence-corrected chi connectivity index (χ4v) is 2.91. The van der Waals surface area contributed by atoms with E-state index in [1.165, 1.54) is 0 Å². The molecule has 3 heterocycles. The van der Waals surface area contributed by atoms with Crippen molar-refractivity contribution in [3.63, 3.8) is 0 Å². The van der Waals surface area contributed by atoms with Crippen molar-refractivity contribution < 1.29 is 9.90 Å². The average molecular weight is 329 g/mol. The molecule has 0 saturated heterocycles. The van der Waals surface area contributed by atoms with Crippen LogP contribution in [-0.2, 0) is 13.1 Å². The lowest BCUT2D eigenvalue weighted by Gasteiger charge is -2.20. The van der Waals surface area contributed by atoms with Gasteiger partial charge < -0.3 is 15.3 Å². The minimum atomic E-state index is -0.549. The molecule has 0 saturated carbocycles. The number of nitrogens with one attached hydrogen (secondary N) is 1. The predicted octanol–water partition coefficient (Wildman–Crippen LogP) is 1.81. The van der Waals surface area contributed by atoms with Gasteiger partial charge in [-0.15, -0.1) is 0 Å². The fourth-order valence-electron chi connectivity index (χ4n) is 2.91. The number of aliphatic hydroxyl groups is 1. The molecule has 7 heteroatoms. The van der Waals surface area contributed by atoms with Gasteiger partial charge in [0.05, 0.1) is 24.0 Å². The molecule has 24 heavy (non-hydrogen) atoms. The van der Waals surface area contributed by atoms with Crippen LogP contribution in [0.15, 0.2) is 24.4 Å². The Morgan fingerprint density at radius 2 is 2.25 bits per heavy atom. The zero-order valence-electron chi connectivity index (χ0n) is 14.1. The summed E-state index contributed by atoms with van der Waals surface area (Å²) in [6.07, 6.45) is 2.55. The molecule has 1 atom stereocenters. The van der Waals surface area contributed by atoms with Gasteiger partial charge in [0.25, 0.3) is 5.91 Å². The van der Waals surface area contributed by atoms with E-state index in [4.69, 9.17) is 0 Å². The lowest BCUT2D eigenvalue weighted by molar-refractivity contribution is 0.0745. The second-order valence-corrected chi connectivity index (χ2v) is 5.97. The maximum Gasteiger partial charge on any atom is 0.254 e. The van der Waals surface area contributed by atoms with E-state index in [0.717, 1.165) is 18.7 Å². The Morgan fingerprint density at radius 3 is 3.00 bits per heavy atom. The van der Waals surface area contributed by atoms with Crippen LogP contribution in [0.25, 0.3) is 0 Å². The first-order valence-corrected chi connectivity index (χ1v) is 8.30. The second kappa shape index (κ2) is 7.00. The molecule has 2 aromatic rings. The van der Waals surface area contributed by atoms with Gasteiger partial charge in [0, 0.05) is 31.9 Å². The van der Waals surface area contributed by atoms with Crippen LogP contribution >= 0.6 is 0 Å². The molecule has 2 aromatic heterocycles. The third-order valence-electron chi connectivity index (χ3n) is 4.31. The van der Waals surface area contributed by atoms with Crippen LogP contribution in [-0.4, -0.2) is 44.3 Å². The predicted molar refractivity (Wildman–Crippen MR) is 90.6 cm³/mol. The van der Waals surface area contributed by atoms with E-state index < -0.39 is 6.10 Å². The maximum atomic E-state index is 12.8. The monoisotopic (exact) mass is 329 g/mol. The lowest BCUT2D eigenvalue weighted by atomic mass is 10.2. The third-order valence-corrected chi connectivity index (χ3v) is 4.31. The summed E-state index contributed by atoms with van der Waals surface area (Å²) < 4.78 is 1.91. The van der Waals surface area contributed by atoms with Crippen molar-refractivity contribution in [1.29, 1.82) is 0 Å². The molecule has 0 spiro atoms. The van der Waals surface area contributed by atoms with Gasteiger partial charge in [-0.1, -0.05) is 6.92 Å². The molecule has 0 radical (unpaired) electrons. The molecule has 0 fully saturated rings. The average Bonchev–Trinajstić information content (AvgIpc) is 2.92. The SMILES string of the molecule is CC[C@H](O)c1cc2n(n1)CCCN(C(=O)c1ccnc(NC)c1)C2. The number of aryl methyl sites for hydroxylation is 1. The van der Waals surface area contributed by atoms with Gasteiger partial charge in [-0.25, -0.2) is 4.98 Å². The normalized spacial score (nSPS) is 15.5. The Hall–Kier alpha value is -2.41. The number of rotatable bonds is 4. The molecular weight excluding hydrogens is 306 g/mol. The van der Waals surface area contributed by atoms with Crippen molar-refractivity contribution in [3.8, 4) is 0 Å². The van der Waals surface area contributed by atoms with Crippen LogP contribution in [0.4, 0.5) is 5.82 Å². The number of carbonyl (C=O) groups excluding carboxylic acids is 1. The van der Waals surface area contributed by atoms with E-state index in [-0.39, 0.29) is 5.91 Å². The molecule has 1 aliphatic rings. The molecule has 0 aromatic carbocycles. The Bertz CT molecular complexity index is 728. The number of hydrogen-bond donors (Lipinski definition) is 2. The third kappa shape index (κ3) is 3.26. The van der Waals surface area contributed by atoms with Gasteiger partial charge in [-0.3, -0.25) is 9.48 Å². The minimum Gasteiger partial charge on any atom is -0.387 e. The molecule has 0 bridgehead atoms. The van der Waals surface area contributed by atoms with Crippen molar-refractivity contribution in [2.24, 2.45) is 0 Å². The summed E-state index contributed by atoms with van der Waals surface area (Å²) in [5, 5.41) is 17.4. The Morgan fingerprint density at radius 1 is 1.42 bits per heavy atom. The van der Waals surface area contributed by atoms with Crippen molar-refractivity contribution in [2.45, 2.75) is 39.0 Å². The van der Waals surface area contributed by atoms with Crippen molar-refractivity contribution in [1.82, 2.24) is 19.7 Å². The van der Waals surface area contributed by atoms with Crippen LogP contribution in [0.1, 0.15) is 47.6 Å². The van der Waals surface area contributed by atoms with E-state index in [2.05, 4.69) is 15.4 Å². The summed E-state index contributed by atoms with van der Waals surface area (Å²) in [4.78, 5) is 18.8. The maximum absolute atomic E-state index is 12.8. The van der Waals surface area contributed by atoms with E-state index >= 15 is 0 Å². The van der Waals surface area contributed by atoms with Crippen LogP contribution in [0.2, 0.25) is 0 Å². The number of fused-ring (bicyclic) bond motifs is 1. The number of anilines is 1. The number of pyridine rings is 1. The summed E-state index contributed by atoms with van der Waals surface area (Å²) in [5.74, 6) is 0.662. The summed E-state index contributed by atoms with van der Waals surface area (Å²) in [5.41, 5.74) is 2.27. The number of amides is 1. The largest absolute Gasteiger partial charge is 0.387 e. The summed E-state index contributed by atoms with van der Waals surface area (Å²) in [6.45, 7) is 3.87. The van der Waals surface area contributed by atoms with E-state index in [9.17, 15) is 9.90 Å². The zero-order valence-corrected chi connectivity index (χ0v) is 14.1. The van der Waals surface area contributed by atoms with E-state index in [1.54, 1.807) is 25.4 Å². The Labute approximate surface area is 141 Å². The highest BCUT2D eigenvalue weighted by atomic mass is 16.3. The molecule has 7 nitrogen and oxygen atoms in total. The quantitative estimate of drug-likeness (QED) is 0.894. The number of aliphatic hydroxyl groups excluding tert-OH is 1. The molecule has 1 amide bonds. The molecule has 128 valence electrons. The van der Waals surface area contributed by atoms with Crippen molar-refractivity contribution in [3.05, 3.63) is 41.3 Å². The van der Waals surface area contributed by atoms with Crippen LogP contribution in [0.3, 0.4) is 0 Å².